The van der Waals surface area contributed by atoms with E-state index in [2.05, 4.69) is 15.0 Å². The SMILES string of the molecule is O=C(NC1(c2ccc(OC(F)(F)F)c(F)c2)CCOc2cccnc21)c1ccc(C(=O)C(F)(F)F)cc1. The van der Waals surface area contributed by atoms with E-state index in [1.807, 2.05) is 0 Å². The predicted octanol–water partition coefficient (Wildman–Crippen LogP) is 5.32. The molecule has 2 aromatic carbocycles. The minimum absolute atomic E-state index is 0.000414. The van der Waals surface area contributed by atoms with E-state index in [0.29, 0.717) is 0 Å². The van der Waals surface area contributed by atoms with Crippen LogP contribution in [0.25, 0.3) is 0 Å². The van der Waals surface area contributed by atoms with Crippen LogP contribution in [0.15, 0.2) is 60.8 Å². The molecule has 0 spiro atoms. The number of rotatable bonds is 5. The van der Waals surface area contributed by atoms with Gasteiger partial charge in [0.1, 0.15) is 17.0 Å². The summed E-state index contributed by atoms with van der Waals surface area (Å²) in [5, 5.41) is 2.68. The number of fused-ring (bicyclic) bond motifs is 1. The first-order chi connectivity index (χ1) is 17.3. The quantitative estimate of drug-likeness (QED) is 0.359. The molecule has 0 saturated carbocycles. The number of ether oxygens (including phenoxy) is 2. The summed E-state index contributed by atoms with van der Waals surface area (Å²) in [6.45, 7) is 0.000414. The molecule has 0 saturated heterocycles. The second-order valence-electron chi connectivity index (χ2n) is 7.91. The van der Waals surface area contributed by atoms with Crippen LogP contribution < -0.4 is 14.8 Å². The van der Waals surface area contributed by atoms with Gasteiger partial charge in [-0.1, -0.05) is 18.2 Å². The highest BCUT2D eigenvalue weighted by molar-refractivity contribution is 6.01. The fourth-order valence-electron chi connectivity index (χ4n) is 3.91. The van der Waals surface area contributed by atoms with Crippen LogP contribution in [0.2, 0.25) is 0 Å². The maximum Gasteiger partial charge on any atom is 0.573 e. The van der Waals surface area contributed by atoms with E-state index in [0.717, 1.165) is 42.5 Å². The van der Waals surface area contributed by atoms with Crippen LogP contribution in [0, 0.1) is 5.82 Å². The lowest BCUT2D eigenvalue weighted by Gasteiger charge is -2.39. The predicted molar refractivity (Wildman–Crippen MR) is 113 cm³/mol. The van der Waals surface area contributed by atoms with Crippen molar-refractivity contribution in [3.63, 3.8) is 0 Å². The van der Waals surface area contributed by atoms with Gasteiger partial charge in [0.25, 0.3) is 11.7 Å². The van der Waals surface area contributed by atoms with Crippen molar-refractivity contribution in [3.05, 3.63) is 89.0 Å². The number of nitrogens with zero attached hydrogens (tertiary/aromatic N) is 1. The molecule has 6 nitrogen and oxygen atoms in total. The molecule has 1 aromatic heterocycles. The van der Waals surface area contributed by atoms with Gasteiger partial charge in [0.2, 0.25) is 0 Å². The minimum atomic E-state index is -5.14. The zero-order valence-electron chi connectivity index (χ0n) is 18.4. The van der Waals surface area contributed by atoms with E-state index < -0.39 is 46.9 Å². The number of carbonyl (C=O) groups is 2. The number of ketones is 1. The Balaban J connectivity index is 1.74. The summed E-state index contributed by atoms with van der Waals surface area (Å²) < 4.78 is 99.7. The molecule has 2 heterocycles. The van der Waals surface area contributed by atoms with Crippen LogP contribution in [0.5, 0.6) is 11.5 Å². The summed E-state index contributed by atoms with van der Waals surface area (Å²) in [5.74, 6) is -5.15. The first-order valence-electron chi connectivity index (χ1n) is 10.5. The highest BCUT2D eigenvalue weighted by Crippen LogP contribution is 2.42. The molecule has 1 amide bonds. The van der Waals surface area contributed by atoms with Crippen molar-refractivity contribution < 1.29 is 49.8 Å². The van der Waals surface area contributed by atoms with E-state index in [9.17, 15) is 40.3 Å². The van der Waals surface area contributed by atoms with Crippen LogP contribution in [0.1, 0.15) is 38.4 Å². The maximum absolute atomic E-state index is 14.6. The number of Topliss-reactive ketones (excluding diaryl/α,β-unsaturated/α-hetero) is 1. The molecular formula is C24H15F7N2O4. The number of hydrogen-bond acceptors (Lipinski definition) is 5. The summed E-state index contributed by atoms with van der Waals surface area (Å²) in [7, 11) is 0. The molecule has 1 unspecified atom stereocenters. The van der Waals surface area contributed by atoms with E-state index in [-0.39, 0.29) is 35.6 Å². The Bertz CT molecular complexity index is 1340. The Morgan fingerprint density at radius 1 is 0.973 bits per heavy atom. The largest absolute Gasteiger partial charge is 0.573 e. The summed E-state index contributed by atoms with van der Waals surface area (Å²) in [6.07, 6.45) is -8.89. The molecule has 0 aliphatic carbocycles. The first kappa shape index (κ1) is 25.9. The van der Waals surface area contributed by atoms with Gasteiger partial charge >= 0.3 is 12.5 Å². The normalized spacial score (nSPS) is 17.4. The van der Waals surface area contributed by atoms with Gasteiger partial charge in [-0.25, -0.2) is 4.39 Å². The minimum Gasteiger partial charge on any atom is -0.491 e. The second-order valence-corrected chi connectivity index (χ2v) is 7.91. The van der Waals surface area contributed by atoms with E-state index in [1.54, 1.807) is 0 Å². The van der Waals surface area contributed by atoms with Gasteiger partial charge < -0.3 is 14.8 Å². The molecule has 13 heteroatoms. The molecular weight excluding hydrogens is 513 g/mol. The Labute approximate surface area is 204 Å². The van der Waals surface area contributed by atoms with Crippen molar-refractivity contribution in [1.82, 2.24) is 10.3 Å². The molecule has 194 valence electrons. The number of alkyl halides is 6. The summed E-state index contributed by atoms with van der Waals surface area (Å²) in [6, 6.07) is 9.36. The summed E-state index contributed by atoms with van der Waals surface area (Å²) in [5.41, 5.74) is -2.27. The number of nitrogens with one attached hydrogen (secondary N) is 1. The third-order valence-electron chi connectivity index (χ3n) is 5.55. The van der Waals surface area contributed by atoms with Gasteiger partial charge in [-0.3, -0.25) is 14.6 Å². The number of pyridine rings is 1. The van der Waals surface area contributed by atoms with Crippen molar-refractivity contribution in [2.45, 2.75) is 24.5 Å². The Morgan fingerprint density at radius 2 is 1.65 bits per heavy atom. The third-order valence-corrected chi connectivity index (χ3v) is 5.55. The topological polar surface area (TPSA) is 77.5 Å². The summed E-state index contributed by atoms with van der Waals surface area (Å²) in [4.78, 5) is 28.8. The van der Waals surface area contributed by atoms with Gasteiger partial charge in [0, 0.05) is 23.7 Å². The monoisotopic (exact) mass is 528 g/mol. The van der Waals surface area contributed by atoms with E-state index in [1.165, 1.54) is 18.3 Å². The van der Waals surface area contributed by atoms with Crippen LogP contribution in [0.3, 0.4) is 0 Å². The fourth-order valence-corrected chi connectivity index (χ4v) is 3.91. The molecule has 3 aromatic rings. The number of halogens is 7. The van der Waals surface area contributed by atoms with Crippen molar-refractivity contribution in [2.75, 3.05) is 6.61 Å². The number of benzene rings is 2. The number of aromatic nitrogens is 1. The smallest absolute Gasteiger partial charge is 0.491 e. The first-order valence-corrected chi connectivity index (χ1v) is 10.5. The molecule has 1 atom stereocenters. The molecule has 1 aliphatic heterocycles. The highest BCUT2D eigenvalue weighted by atomic mass is 19.4. The van der Waals surface area contributed by atoms with Gasteiger partial charge in [-0.05, 0) is 42.0 Å². The Hall–Kier alpha value is -4.16. The van der Waals surface area contributed by atoms with Gasteiger partial charge in [0.05, 0.1) is 6.61 Å². The van der Waals surface area contributed by atoms with Crippen LogP contribution >= 0.6 is 0 Å². The van der Waals surface area contributed by atoms with Crippen molar-refractivity contribution in [3.8, 4) is 11.5 Å². The molecule has 0 bridgehead atoms. The number of carbonyl (C=O) groups excluding carboxylic acids is 2. The Morgan fingerprint density at radius 3 is 2.27 bits per heavy atom. The number of hydrogen-bond donors (Lipinski definition) is 1. The lowest BCUT2D eigenvalue weighted by Crippen LogP contribution is -2.50. The highest BCUT2D eigenvalue weighted by Gasteiger charge is 2.44. The van der Waals surface area contributed by atoms with Crippen LogP contribution in [-0.4, -0.2) is 35.8 Å². The molecule has 1 N–H and O–H groups in total. The molecule has 0 fully saturated rings. The number of amides is 1. The zero-order chi connectivity index (χ0) is 27.0. The molecule has 0 radical (unpaired) electrons. The second kappa shape index (κ2) is 9.37. The standard InChI is InChI=1S/C24H15F7N2O4/c25-16-12-15(7-8-17(16)37-24(29,30)31)22(9-11-36-18-2-1-10-32-19(18)22)33-21(35)14-5-3-13(4-6-14)20(34)23(26,27)28/h1-8,10,12H,9,11H2,(H,33,35). The molecule has 4 rings (SSSR count). The molecule has 37 heavy (non-hydrogen) atoms. The fraction of sp³-hybridized carbons (Fsp3) is 0.208. The van der Waals surface area contributed by atoms with Crippen LogP contribution in [0.4, 0.5) is 30.7 Å². The van der Waals surface area contributed by atoms with Gasteiger partial charge in [-0.2, -0.15) is 13.2 Å². The van der Waals surface area contributed by atoms with Crippen molar-refractivity contribution >= 4 is 11.7 Å². The zero-order valence-corrected chi connectivity index (χ0v) is 18.4. The third kappa shape index (κ3) is 5.34. The van der Waals surface area contributed by atoms with Crippen molar-refractivity contribution in [1.29, 1.82) is 0 Å². The van der Waals surface area contributed by atoms with Gasteiger partial charge in [0.15, 0.2) is 11.6 Å². The van der Waals surface area contributed by atoms with Crippen molar-refractivity contribution in [2.24, 2.45) is 0 Å². The van der Waals surface area contributed by atoms with Gasteiger partial charge in [-0.15, -0.1) is 13.2 Å². The lowest BCUT2D eigenvalue weighted by atomic mass is 9.81. The van der Waals surface area contributed by atoms with Crippen LogP contribution in [-0.2, 0) is 5.54 Å². The average Bonchev–Trinajstić information content (AvgIpc) is 2.83. The molecule has 1 aliphatic rings. The average molecular weight is 528 g/mol. The van der Waals surface area contributed by atoms with E-state index in [4.69, 9.17) is 4.74 Å². The summed E-state index contributed by atoms with van der Waals surface area (Å²) >= 11 is 0. The Kier molecular flexibility index (Phi) is 6.57. The van der Waals surface area contributed by atoms with E-state index >= 15 is 0 Å². The lowest BCUT2D eigenvalue weighted by molar-refractivity contribution is -0.275. The maximum atomic E-state index is 14.6.